The molecule has 0 aromatic rings. The number of likely N-dealkylation sites (N-methyl/N-ethyl adjacent to an activating group) is 1. The van der Waals surface area contributed by atoms with Crippen LogP contribution >= 0.6 is 0 Å². The van der Waals surface area contributed by atoms with E-state index in [-0.39, 0.29) is 25.4 Å². The van der Waals surface area contributed by atoms with Crippen LogP contribution in [0.15, 0.2) is 23.8 Å². The molecule has 7 nitrogen and oxygen atoms in total. The third kappa shape index (κ3) is 2.18. The number of allylic oxidation sites excluding steroid dienone is 2. The molecule has 2 rings (SSSR count). The van der Waals surface area contributed by atoms with Gasteiger partial charge in [-0.05, 0) is 44.6 Å². The molecule has 0 saturated carbocycles. The summed E-state index contributed by atoms with van der Waals surface area (Å²) in [4.78, 5) is 51.1. The first-order valence-electron chi connectivity index (χ1n) is 7.81. The number of amides is 1. The molecule has 1 aliphatic heterocycles. The number of likely N-dealkylation sites (tertiary alicyclic amines) is 1. The first-order chi connectivity index (χ1) is 11.3. The number of rotatable bonds is 4. The zero-order valence-corrected chi connectivity index (χ0v) is 14.3. The third-order valence-electron chi connectivity index (χ3n) is 4.67. The number of nitrogens with zero attached hydrogens (tertiary/aromatic N) is 1. The number of hydrogen-bond donors (Lipinski definition) is 0. The van der Waals surface area contributed by atoms with Gasteiger partial charge in [0.15, 0.2) is 5.78 Å². The highest BCUT2D eigenvalue weighted by atomic mass is 16.6. The molecule has 1 fully saturated rings. The summed E-state index contributed by atoms with van der Waals surface area (Å²) in [5.41, 5.74) is -2.86. The van der Waals surface area contributed by atoms with Crippen molar-refractivity contribution in [2.45, 2.75) is 32.7 Å². The van der Waals surface area contributed by atoms with E-state index in [1.807, 2.05) is 0 Å². The van der Waals surface area contributed by atoms with Gasteiger partial charge in [0.2, 0.25) is 11.3 Å². The lowest BCUT2D eigenvalue weighted by molar-refractivity contribution is -0.176. The number of ether oxygens (including phenoxy) is 2. The van der Waals surface area contributed by atoms with Gasteiger partial charge in [-0.15, -0.1) is 0 Å². The molecule has 1 atom stereocenters. The lowest BCUT2D eigenvalue weighted by atomic mass is 9.64. The van der Waals surface area contributed by atoms with Crippen LogP contribution in [0.5, 0.6) is 0 Å². The number of carbonyl (C=O) groups excluding carboxylic acids is 4. The maximum Gasteiger partial charge on any atom is 0.327 e. The fraction of sp³-hybridized carbons (Fsp3) is 0.529. The van der Waals surface area contributed by atoms with E-state index >= 15 is 0 Å². The van der Waals surface area contributed by atoms with Crippen LogP contribution in [-0.4, -0.2) is 54.3 Å². The Labute approximate surface area is 140 Å². The Balaban J connectivity index is 2.75. The van der Waals surface area contributed by atoms with E-state index in [1.54, 1.807) is 20.8 Å². The summed E-state index contributed by atoms with van der Waals surface area (Å²) < 4.78 is 10.3. The summed E-state index contributed by atoms with van der Waals surface area (Å²) in [6, 6.07) is 0. The molecule has 7 heteroatoms. The predicted molar refractivity (Wildman–Crippen MR) is 83.7 cm³/mol. The van der Waals surface area contributed by atoms with Crippen molar-refractivity contribution in [1.82, 2.24) is 4.90 Å². The molecule has 1 saturated heterocycles. The minimum atomic E-state index is -1.87. The lowest BCUT2D eigenvalue weighted by Crippen LogP contribution is -2.61. The molecule has 1 spiro atoms. The first kappa shape index (κ1) is 17.9. The Bertz CT molecular complexity index is 644. The molecule has 0 bridgehead atoms. The molecule has 130 valence electrons. The van der Waals surface area contributed by atoms with Gasteiger partial charge in [0.25, 0.3) is 0 Å². The second-order valence-corrected chi connectivity index (χ2v) is 5.81. The minimum absolute atomic E-state index is 0.0549. The largest absolute Gasteiger partial charge is 0.465 e. The van der Waals surface area contributed by atoms with Crippen molar-refractivity contribution in [1.29, 1.82) is 0 Å². The van der Waals surface area contributed by atoms with E-state index in [1.165, 1.54) is 30.2 Å². The monoisotopic (exact) mass is 335 g/mol. The Morgan fingerprint density at radius 3 is 2.17 bits per heavy atom. The van der Waals surface area contributed by atoms with Crippen molar-refractivity contribution >= 4 is 23.6 Å². The van der Waals surface area contributed by atoms with Crippen LogP contribution in [0.3, 0.4) is 0 Å². The number of esters is 2. The highest BCUT2D eigenvalue weighted by Gasteiger charge is 2.72. The van der Waals surface area contributed by atoms with Crippen LogP contribution in [0, 0.1) is 5.41 Å². The van der Waals surface area contributed by atoms with E-state index in [2.05, 4.69) is 0 Å². The Hall–Kier alpha value is -2.44. The molecular formula is C17H21NO6. The van der Waals surface area contributed by atoms with Crippen molar-refractivity contribution in [2.75, 3.05) is 20.3 Å². The van der Waals surface area contributed by atoms with E-state index in [4.69, 9.17) is 9.47 Å². The molecule has 1 amide bonds. The SMILES string of the molecule is CCOC(=O)C1(C(=O)OCC)CC(=O)N(C)[C@]12C=CC(=O)C=C2C. The minimum Gasteiger partial charge on any atom is -0.465 e. The van der Waals surface area contributed by atoms with Crippen molar-refractivity contribution in [3.8, 4) is 0 Å². The van der Waals surface area contributed by atoms with E-state index in [0.717, 1.165) is 0 Å². The molecule has 0 unspecified atom stereocenters. The summed E-state index contributed by atoms with van der Waals surface area (Å²) in [5, 5.41) is 0. The molecule has 1 aliphatic carbocycles. The van der Waals surface area contributed by atoms with Crippen LogP contribution in [0.25, 0.3) is 0 Å². The van der Waals surface area contributed by atoms with Gasteiger partial charge in [0, 0.05) is 7.05 Å². The predicted octanol–water partition coefficient (Wildman–Crippen LogP) is 0.785. The summed E-state index contributed by atoms with van der Waals surface area (Å²) in [7, 11) is 1.50. The van der Waals surface area contributed by atoms with Crippen molar-refractivity contribution in [3.63, 3.8) is 0 Å². The van der Waals surface area contributed by atoms with Crippen molar-refractivity contribution in [3.05, 3.63) is 23.8 Å². The molecule has 0 aromatic carbocycles. The summed E-state index contributed by atoms with van der Waals surface area (Å²) in [6.45, 7) is 4.96. The molecule has 0 radical (unpaired) electrons. The fourth-order valence-corrected chi connectivity index (χ4v) is 3.57. The van der Waals surface area contributed by atoms with E-state index < -0.39 is 28.8 Å². The maximum atomic E-state index is 12.8. The Kier molecular flexibility index (Phi) is 4.64. The Morgan fingerprint density at radius 1 is 1.17 bits per heavy atom. The van der Waals surface area contributed by atoms with Crippen LogP contribution in [0.2, 0.25) is 0 Å². The van der Waals surface area contributed by atoms with Gasteiger partial charge < -0.3 is 14.4 Å². The first-order valence-corrected chi connectivity index (χ1v) is 7.81. The van der Waals surface area contributed by atoms with Gasteiger partial charge >= 0.3 is 11.9 Å². The number of ketones is 1. The van der Waals surface area contributed by atoms with Crippen LogP contribution in [0.1, 0.15) is 27.2 Å². The number of carbonyl (C=O) groups is 4. The molecule has 2 aliphatic rings. The topological polar surface area (TPSA) is 90.0 Å². The zero-order valence-electron chi connectivity index (χ0n) is 14.3. The molecule has 1 heterocycles. The summed E-state index contributed by atoms with van der Waals surface area (Å²) in [6.07, 6.45) is 3.64. The van der Waals surface area contributed by atoms with Gasteiger partial charge in [0.1, 0.15) is 5.54 Å². The Morgan fingerprint density at radius 2 is 1.71 bits per heavy atom. The maximum absolute atomic E-state index is 12.8. The quantitative estimate of drug-likeness (QED) is 0.557. The number of hydrogen-bond acceptors (Lipinski definition) is 6. The van der Waals surface area contributed by atoms with Crippen molar-refractivity contribution < 1.29 is 28.7 Å². The van der Waals surface area contributed by atoms with Gasteiger partial charge in [-0.25, -0.2) is 0 Å². The smallest absolute Gasteiger partial charge is 0.327 e. The highest BCUT2D eigenvalue weighted by Crippen LogP contribution is 2.53. The normalized spacial score (nSPS) is 25.0. The van der Waals surface area contributed by atoms with Crippen LogP contribution < -0.4 is 0 Å². The van der Waals surface area contributed by atoms with E-state index in [9.17, 15) is 19.2 Å². The zero-order chi connectivity index (χ0) is 18.1. The molecule has 0 aromatic heterocycles. The van der Waals surface area contributed by atoms with E-state index in [0.29, 0.717) is 5.57 Å². The average molecular weight is 335 g/mol. The van der Waals surface area contributed by atoms with Gasteiger partial charge in [-0.1, -0.05) is 0 Å². The fourth-order valence-electron chi connectivity index (χ4n) is 3.57. The second kappa shape index (κ2) is 6.22. The molecule has 24 heavy (non-hydrogen) atoms. The molecule has 0 N–H and O–H groups in total. The third-order valence-corrected chi connectivity index (χ3v) is 4.67. The van der Waals surface area contributed by atoms with Gasteiger partial charge in [0.05, 0.1) is 19.6 Å². The lowest BCUT2D eigenvalue weighted by Gasteiger charge is -2.44. The highest BCUT2D eigenvalue weighted by molar-refractivity contribution is 6.11. The summed E-state index contributed by atoms with van der Waals surface area (Å²) in [5.74, 6) is -2.32. The van der Waals surface area contributed by atoms with Crippen LogP contribution in [-0.2, 0) is 28.7 Å². The summed E-state index contributed by atoms with van der Waals surface area (Å²) >= 11 is 0. The van der Waals surface area contributed by atoms with Gasteiger partial charge in [-0.3, -0.25) is 19.2 Å². The van der Waals surface area contributed by atoms with Gasteiger partial charge in [-0.2, -0.15) is 0 Å². The second-order valence-electron chi connectivity index (χ2n) is 5.81. The standard InChI is InChI=1S/C17H21NO6/c1-5-23-14(21)16(15(22)24-6-2)10-13(20)18(4)17(16)8-7-12(19)9-11(17)3/h7-9H,5-6,10H2,1-4H3/t17-/m0/s1. The van der Waals surface area contributed by atoms with Crippen LogP contribution in [0.4, 0.5) is 0 Å². The van der Waals surface area contributed by atoms with Crippen molar-refractivity contribution in [2.24, 2.45) is 5.41 Å². The average Bonchev–Trinajstić information content (AvgIpc) is 2.75. The molecular weight excluding hydrogens is 314 g/mol.